The molecule has 1 aliphatic rings. The van der Waals surface area contributed by atoms with Crippen molar-refractivity contribution in [3.05, 3.63) is 87.6 Å². The van der Waals surface area contributed by atoms with Crippen LogP contribution < -0.4 is 5.69 Å². The first-order valence-corrected chi connectivity index (χ1v) is 8.83. The molecule has 0 atom stereocenters. The van der Waals surface area contributed by atoms with Crippen molar-refractivity contribution in [3.63, 3.8) is 0 Å². The SMILES string of the molecule is Cc1nc2c(c3nn(Cc4ccccc4)c(=O)n13)CCc1ccccc1-2. The van der Waals surface area contributed by atoms with Crippen molar-refractivity contribution in [3.8, 4) is 11.3 Å². The van der Waals surface area contributed by atoms with Crippen molar-refractivity contribution in [1.82, 2.24) is 19.2 Å². The summed E-state index contributed by atoms with van der Waals surface area (Å²) in [5.41, 5.74) is 6.17. The Morgan fingerprint density at radius 1 is 1.00 bits per heavy atom. The van der Waals surface area contributed by atoms with Crippen molar-refractivity contribution in [2.45, 2.75) is 26.3 Å². The third-order valence-corrected chi connectivity index (χ3v) is 5.08. The molecule has 2 aromatic carbocycles. The molecule has 26 heavy (non-hydrogen) atoms. The molecule has 0 saturated carbocycles. The summed E-state index contributed by atoms with van der Waals surface area (Å²) in [6.07, 6.45) is 1.80. The maximum absolute atomic E-state index is 12.9. The van der Waals surface area contributed by atoms with Crippen LogP contribution in [0.1, 0.15) is 22.5 Å². The monoisotopic (exact) mass is 342 g/mol. The molecule has 0 spiro atoms. The Hall–Kier alpha value is -3.21. The van der Waals surface area contributed by atoms with E-state index < -0.39 is 0 Å². The molecule has 4 aromatic rings. The minimum Gasteiger partial charge on any atom is -0.245 e. The van der Waals surface area contributed by atoms with Crippen LogP contribution in [0.4, 0.5) is 0 Å². The first kappa shape index (κ1) is 15.1. The lowest BCUT2D eigenvalue weighted by atomic mass is 9.89. The topological polar surface area (TPSA) is 52.2 Å². The van der Waals surface area contributed by atoms with Crippen molar-refractivity contribution in [1.29, 1.82) is 0 Å². The van der Waals surface area contributed by atoms with Gasteiger partial charge >= 0.3 is 5.69 Å². The van der Waals surface area contributed by atoms with Gasteiger partial charge in [0.15, 0.2) is 5.65 Å². The quantitative estimate of drug-likeness (QED) is 0.563. The fourth-order valence-electron chi connectivity index (χ4n) is 3.82. The van der Waals surface area contributed by atoms with E-state index in [4.69, 9.17) is 4.98 Å². The maximum atomic E-state index is 12.9. The second-order valence-corrected chi connectivity index (χ2v) is 6.73. The molecular weight excluding hydrogens is 324 g/mol. The number of rotatable bonds is 2. The summed E-state index contributed by atoms with van der Waals surface area (Å²) in [4.78, 5) is 17.7. The third kappa shape index (κ3) is 2.20. The van der Waals surface area contributed by atoms with Gasteiger partial charge in [0, 0.05) is 11.1 Å². The van der Waals surface area contributed by atoms with Gasteiger partial charge in [-0.3, -0.25) is 0 Å². The molecule has 0 amide bonds. The van der Waals surface area contributed by atoms with E-state index in [0.717, 1.165) is 40.9 Å². The fourth-order valence-corrected chi connectivity index (χ4v) is 3.82. The summed E-state index contributed by atoms with van der Waals surface area (Å²) in [5.74, 6) is 0.680. The largest absolute Gasteiger partial charge is 0.352 e. The molecule has 0 aliphatic heterocycles. The van der Waals surface area contributed by atoms with Gasteiger partial charge in [0.25, 0.3) is 0 Å². The second kappa shape index (κ2) is 5.66. The van der Waals surface area contributed by atoms with Crippen LogP contribution in [0.3, 0.4) is 0 Å². The fraction of sp³-hybridized carbons (Fsp3) is 0.190. The summed E-state index contributed by atoms with van der Waals surface area (Å²) in [7, 11) is 0. The molecule has 5 heteroatoms. The van der Waals surface area contributed by atoms with E-state index >= 15 is 0 Å². The minimum atomic E-state index is -0.129. The van der Waals surface area contributed by atoms with Gasteiger partial charge in [0.2, 0.25) is 0 Å². The third-order valence-electron chi connectivity index (χ3n) is 5.08. The number of nitrogens with zero attached hydrogens (tertiary/aromatic N) is 4. The Morgan fingerprint density at radius 3 is 2.62 bits per heavy atom. The summed E-state index contributed by atoms with van der Waals surface area (Å²) < 4.78 is 3.19. The van der Waals surface area contributed by atoms with E-state index in [1.807, 2.05) is 43.3 Å². The Kier molecular flexibility index (Phi) is 3.28. The summed E-state index contributed by atoms with van der Waals surface area (Å²) in [6.45, 7) is 2.34. The summed E-state index contributed by atoms with van der Waals surface area (Å²) in [6, 6.07) is 18.3. The first-order chi connectivity index (χ1) is 12.7. The van der Waals surface area contributed by atoms with Gasteiger partial charge < -0.3 is 0 Å². The lowest BCUT2D eigenvalue weighted by Gasteiger charge is -2.19. The zero-order valence-corrected chi connectivity index (χ0v) is 14.5. The average Bonchev–Trinajstić information content (AvgIpc) is 3.00. The molecule has 2 aromatic heterocycles. The Balaban J connectivity index is 1.73. The number of fused-ring (bicyclic) bond motifs is 5. The minimum absolute atomic E-state index is 0.129. The van der Waals surface area contributed by atoms with Gasteiger partial charge in [-0.2, -0.15) is 0 Å². The van der Waals surface area contributed by atoms with Crippen LogP contribution in [0.5, 0.6) is 0 Å². The summed E-state index contributed by atoms with van der Waals surface area (Å²) in [5, 5.41) is 4.68. The number of aromatic nitrogens is 4. The highest BCUT2D eigenvalue weighted by molar-refractivity contribution is 5.74. The van der Waals surface area contributed by atoms with Gasteiger partial charge in [0.1, 0.15) is 5.82 Å². The maximum Gasteiger partial charge on any atom is 0.352 e. The molecule has 0 bridgehead atoms. The van der Waals surface area contributed by atoms with Gasteiger partial charge in [-0.15, -0.1) is 5.10 Å². The van der Waals surface area contributed by atoms with Gasteiger partial charge in [0.05, 0.1) is 12.2 Å². The van der Waals surface area contributed by atoms with E-state index in [1.165, 1.54) is 5.56 Å². The van der Waals surface area contributed by atoms with Gasteiger partial charge in [-0.25, -0.2) is 18.9 Å². The van der Waals surface area contributed by atoms with Gasteiger partial charge in [-0.05, 0) is 30.9 Å². The molecule has 0 fully saturated rings. The smallest absolute Gasteiger partial charge is 0.245 e. The zero-order chi connectivity index (χ0) is 17.7. The van der Waals surface area contributed by atoms with Crippen molar-refractivity contribution in [2.75, 3.05) is 0 Å². The lowest BCUT2D eigenvalue weighted by molar-refractivity contribution is 0.656. The average molecular weight is 342 g/mol. The molecule has 0 radical (unpaired) electrons. The molecule has 5 rings (SSSR count). The Bertz CT molecular complexity index is 1190. The first-order valence-electron chi connectivity index (χ1n) is 8.83. The van der Waals surface area contributed by atoms with E-state index in [0.29, 0.717) is 12.4 Å². The normalized spacial score (nSPS) is 12.8. The Labute approximate surface area is 150 Å². The molecule has 5 nitrogen and oxygen atoms in total. The predicted molar refractivity (Wildman–Crippen MR) is 100 cm³/mol. The van der Waals surface area contributed by atoms with Crippen LogP contribution in [0, 0.1) is 6.92 Å². The van der Waals surface area contributed by atoms with Crippen LogP contribution in [-0.2, 0) is 19.4 Å². The molecule has 1 aliphatic carbocycles. The highest BCUT2D eigenvalue weighted by Crippen LogP contribution is 2.33. The number of benzene rings is 2. The van der Waals surface area contributed by atoms with Crippen molar-refractivity contribution in [2.24, 2.45) is 0 Å². The highest BCUT2D eigenvalue weighted by atomic mass is 16.2. The molecule has 2 heterocycles. The van der Waals surface area contributed by atoms with Crippen LogP contribution in [-0.4, -0.2) is 19.2 Å². The zero-order valence-electron chi connectivity index (χ0n) is 14.5. The molecular formula is C21H18N4O. The van der Waals surface area contributed by atoms with E-state index in [-0.39, 0.29) is 5.69 Å². The highest BCUT2D eigenvalue weighted by Gasteiger charge is 2.23. The Morgan fingerprint density at radius 2 is 1.77 bits per heavy atom. The molecule has 128 valence electrons. The van der Waals surface area contributed by atoms with Crippen LogP contribution in [0.2, 0.25) is 0 Å². The van der Waals surface area contributed by atoms with E-state index in [9.17, 15) is 4.79 Å². The molecule has 0 saturated heterocycles. The van der Waals surface area contributed by atoms with Crippen LogP contribution >= 0.6 is 0 Å². The van der Waals surface area contributed by atoms with Crippen molar-refractivity contribution >= 4 is 5.65 Å². The predicted octanol–water partition coefficient (Wildman–Crippen LogP) is 3.01. The van der Waals surface area contributed by atoms with Crippen LogP contribution in [0.25, 0.3) is 16.9 Å². The van der Waals surface area contributed by atoms with E-state index in [2.05, 4.69) is 23.3 Å². The van der Waals surface area contributed by atoms with Crippen LogP contribution in [0.15, 0.2) is 59.4 Å². The number of aryl methyl sites for hydroxylation is 3. The van der Waals surface area contributed by atoms with Gasteiger partial charge in [-0.1, -0.05) is 54.6 Å². The molecule has 0 unspecified atom stereocenters. The molecule has 0 N–H and O–H groups in total. The van der Waals surface area contributed by atoms with E-state index in [1.54, 1.807) is 9.08 Å². The number of hydrogen-bond donors (Lipinski definition) is 0. The standard InChI is InChI=1S/C21H18N4O/c1-14-22-19-17-10-6-5-9-16(17)11-12-18(19)20-23-24(21(26)25(14)20)13-15-7-3-2-4-8-15/h2-10H,11-13H2,1H3. The van der Waals surface area contributed by atoms with Crippen molar-refractivity contribution < 1.29 is 0 Å². The second-order valence-electron chi connectivity index (χ2n) is 6.73. The lowest BCUT2D eigenvalue weighted by Crippen LogP contribution is -2.23. The summed E-state index contributed by atoms with van der Waals surface area (Å²) >= 11 is 0. The number of hydrogen-bond acceptors (Lipinski definition) is 3.